The standard InChI is InChI=1S/C17H18N4O4/c1-9-14-11(6-4-8-13(14)25-15(9)17(24)19-18)20-21-16(23)10-5-2-3-7-12(10)22/h2-3,5,7,22H,4,6,8,18H2,1H3,(H,19,24)(H,21,23)/b20-11+. The molecular formula is C17H18N4O4. The highest BCUT2D eigenvalue weighted by molar-refractivity contribution is 6.07. The van der Waals surface area contributed by atoms with Crippen molar-refractivity contribution in [2.75, 3.05) is 0 Å². The van der Waals surface area contributed by atoms with Gasteiger partial charge >= 0.3 is 5.91 Å². The van der Waals surface area contributed by atoms with E-state index in [4.69, 9.17) is 10.3 Å². The fourth-order valence-corrected chi connectivity index (χ4v) is 2.91. The van der Waals surface area contributed by atoms with Gasteiger partial charge < -0.3 is 9.52 Å². The SMILES string of the molecule is Cc1c(C(=O)NN)oc2c1/C(=N/NC(=O)c1ccccc1O)CCC2. The number of hydrogen-bond acceptors (Lipinski definition) is 6. The lowest BCUT2D eigenvalue weighted by Crippen LogP contribution is -2.30. The maximum Gasteiger partial charge on any atom is 0.301 e. The summed E-state index contributed by atoms with van der Waals surface area (Å²) < 4.78 is 5.60. The highest BCUT2D eigenvalue weighted by atomic mass is 16.4. The number of hydrogen-bond donors (Lipinski definition) is 4. The number of aryl methyl sites for hydroxylation is 1. The van der Waals surface area contributed by atoms with Crippen LogP contribution in [0.3, 0.4) is 0 Å². The van der Waals surface area contributed by atoms with E-state index < -0.39 is 11.8 Å². The Morgan fingerprint density at radius 1 is 1.24 bits per heavy atom. The molecule has 0 spiro atoms. The van der Waals surface area contributed by atoms with Gasteiger partial charge in [-0.3, -0.25) is 15.0 Å². The van der Waals surface area contributed by atoms with E-state index >= 15 is 0 Å². The number of hydrazine groups is 1. The number of fused-ring (bicyclic) bond motifs is 1. The van der Waals surface area contributed by atoms with E-state index in [2.05, 4.69) is 16.0 Å². The number of carbonyl (C=O) groups excluding carboxylic acids is 2. The normalized spacial score (nSPS) is 14.9. The first-order valence-corrected chi connectivity index (χ1v) is 7.81. The van der Waals surface area contributed by atoms with Crippen molar-refractivity contribution in [1.82, 2.24) is 10.9 Å². The molecule has 0 fully saturated rings. The predicted molar refractivity (Wildman–Crippen MR) is 90.1 cm³/mol. The number of nitrogens with zero attached hydrogens (tertiary/aromatic N) is 1. The predicted octanol–water partition coefficient (Wildman–Crippen LogP) is 1.37. The average Bonchev–Trinajstić information content (AvgIpc) is 2.97. The molecule has 0 saturated carbocycles. The topological polar surface area (TPSA) is 130 Å². The third-order valence-electron chi connectivity index (χ3n) is 4.10. The lowest BCUT2D eigenvalue weighted by atomic mass is 9.93. The molecule has 130 valence electrons. The van der Waals surface area contributed by atoms with Crippen LogP contribution in [-0.4, -0.2) is 22.6 Å². The molecule has 8 nitrogen and oxygen atoms in total. The Bertz CT molecular complexity index is 870. The van der Waals surface area contributed by atoms with Gasteiger partial charge in [0, 0.05) is 17.5 Å². The van der Waals surface area contributed by atoms with Gasteiger partial charge in [0.05, 0.1) is 11.3 Å². The number of phenolic OH excluding ortho intramolecular Hbond substituents is 1. The van der Waals surface area contributed by atoms with Gasteiger partial charge in [-0.25, -0.2) is 11.3 Å². The Hall–Kier alpha value is -3.13. The highest BCUT2D eigenvalue weighted by Gasteiger charge is 2.27. The summed E-state index contributed by atoms with van der Waals surface area (Å²) in [7, 11) is 0. The van der Waals surface area contributed by atoms with E-state index in [0.29, 0.717) is 29.9 Å². The fourth-order valence-electron chi connectivity index (χ4n) is 2.91. The van der Waals surface area contributed by atoms with Crippen LogP contribution in [0.2, 0.25) is 0 Å². The third-order valence-corrected chi connectivity index (χ3v) is 4.10. The maximum atomic E-state index is 12.2. The van der Waals surface area contributed by atoms with Crippen LogP contribution in [0.15, 0.2) is 33.8 Å². The van der Waals surface area contributed by atoms with Crippen LogP contribution in [0.4, 0.5) is 0 Å². The molecule has 5 N–H and O–H groups in total. The fraction of sp³-hybridized carbons (Fsp3) is 0.235. The summed E-state index contributed by atoms with van der Waals surface area (Å²) in [5.74, 6) is 4.83. The number of nitrogens with two attached hydrogens (primary N) is 1. The zero-order chi connectivity index (χ0) is 18.0. The summed E-state index contributed by atoms with van der Waals surface area (Å²) in [5, 5.41) is 13.9. The molecule has 3 rings (SSSR count). The Balaban J connectivity index is 1.89. The van der Waals surface area contributed by atoms with Crippen molar-refractivity contribution in [1.29, 1.82) is 0 Å². The lowest BCUT2D eigenvalue weighted by Gasteiger charge is -2.13. The number of nitrogens with one attached hydrogen (secondary N) is 2. The van der Waals surface area contributed by atoms with E-state index in [1.54, 1.807) is 19.1 Å². The second kappa shape index (κ2) is 6.78. The molecule has 1 aliphatic carbocycles. The molecule has 1 aromatic carbocycles. The summed E-state index contributed by atoms with van der Waals surface area (Å²) in [6.45, 7) is 1.75. The van der Waals surface area contributed by atoms with Gasteiger partial charge in [0.2, 0.25) is 0 Å². The Kier molecular flexibility index (Phi) is 4.53. The third kappa shape index (κ3) is 3.11. The van der Waals surface area contributed by atoms with Gasteiger partial charge in [-0.1, -0.05) is 12.1 Å². The first-order valence-electron chi connectivity index (χ1n) is 7.81. The molecule has 0 saturated heterocycles. The lowest BCUT2D eigenvalue weighted by molar-refractivity contribution is 0.0921. The minimum absolute atomic E-state index is 0.120. The number of amides is 2. The van der Waals surface area contributed by atoms with Crippen molar-refractivity contribution in [2.45, 2.75) is 26.2 Å². The summed E-state index contributed by atoms with van der Waals surface area (Å²) in [4.78, 5) is 24.0. The van der Waals surface area contributed by atoms with Crippen LogP contribution in [0, 0.1) is 6.92 Å². The number of furan rings is 1. The molecule has 1 heterocycles. The van der Waals surface area contributed by atoms with E-state index in [1.807, 2.05) is 0 Å². The molecule has 2 amide bonds. The Labute approximate surface area is 143 Å². The quantitative estimate of drug-likeness (QED) is 0.380. The van der Waals surface area contributed by atoms with Crippen molar-refractivity contribution in [2.24, 2.45) is 10.9 Å². The maximum absolute atomic E-state index is 12.2. The highest BCUT2D eigenvalue weighted by Crippen LogP contribution is 2.29. The Morgan fingerprint density at radius 3 is 2.72 bits per heavy atom. The number of aromatic hydroxyl groups is 1. The van der Waals surface area contributed by atoms with E-state index in [9.17, 15) is 14.7 Å². The van der Waals surface area contributed by atoms with Gasteiger partial charge in [0.25, 0.3) is 5.91 Å². The number of benzene rings is 1. The zero-order valence-electron chi connectivity index (χ0n) is 13.6. The van der Waals surface area contributed by atoms with Gasteiger partial charge in [-0.15, -0.1) is 0 Å². The molecule has 0 radical (unpaired) electrons. The summed E-state index contributed by atoms with van der Waals surface area (Å²) in [6.07, 6.45) is 2.10. The second-order valence-electron chi connectivity index (χ2n) is 5.70. The van der Waals surface area contributed by atoms with E-state index in [-0.39, 0.29) is 17.1 Å². The van der Waals surface area contributed by atoms with Crippen molar-refractivity contribution in [3.63, 3.8) is 0 Å². The number of rotatable bonds is 3. The van der Waals surface area contributed by atoms with Gasteiger partial charge in [-0.05, 0) is 31.9 Å². The van der Waals surface area contributed by atoms with Gasteiger partial charge in [0.15, 0.2) is 5.76 Å². The van der Waals surface area contributed by atoms with Crippen molar-refractivity contribution in [3.05, 3.63) is 52.5 Å². The molecular weight excluding hydrogens is 324 g/mol. The molecule has 0 unspecified atom stereocenters. The number of para-hydroxylation sites is 1. The van der Waals surface area contributed by atoms with Crippen molar-refractivity contribution < 1.29 is 19.1 Å². The van der Waals surface area contributed by atoms with Crippen LogP contribution in [-0.2, 0) is 6.42 Å². The van der Waals surface area contributed by atoms with Crippen LogP contribution in [0.1, 0.15) is 50.6 Å². The van der Waals surface area contributed by atoms with Crippen molar-refractivity contribution >= 4 is 17.5 Å². The summed E-state index contributed by atoms with van der Waals surface area (Å²) >= 11 is 0. The molecule has 0 aliphatic heterocycles. The molecule has 1 aliphatic rings. The smallest absolute Gasteiger partial charge is 0.301 e. The second-order valence-corrected chi connectivity index (χ2v) is 5.70. The molecule has 0 atom stereocenters. The van der Waals surface area contributed by atoms with Crippen LogP contribution in [0.25, 0.3) is 0 Å². The minimum Gasteiger partial charge on any atom is -0.507 e. The average molecular weight is 342 g/mol. The van der Waals surface area contributed by atoms with Crippen molar-refractivity contribution in [3.8, 4) is 5.75 Å². The number of nitrogen functional groups attached to an aromatic ring is 1. The monoisotopic (exact) mass is 342 g/mol. The van der Waals surface area contributed by atoms with E-state index in [1.165, 1.54) is 12.1 Å². The number of carbonyl (C=O) groups is 2. The van der Waals surface area contributed by atoms with Crippen LogP contribution < -0.4 is 16.7 Å². The molecule has 0 bridgehead atoms. The van der Waals surface area contributed by atoms with Gasteiger partial charge in [-0.2, -0.15) is 5.10 Å². The number of hydrazone groups is 1. The van der Waals surface area contributed by atoms with Crippen LogP contribution >= 0.6 is 0 Å². The van der Waals surface area contributed by atoms with Crippen LogP contribution in [0.5, 0.6) is 5.75 Å². The molecule has 1 aromatic heterocycles. The molecule has 8 heteroatoms. The zero-order valence-corrected chi connectivity index (χ0v) is 13.6. The summed E-state index contributed by atoms with van der Waals surface area (Å²) in [5.41, 5.74) is 6.62. The first-order chi connectivity index (χ1) is 12.0. The first kappa shape index (κ1) is 16.7. The summed E-state index contributed by atoms with van der Waals surface area (Å²) in [6, 6.07) is 6.21. The minimum atomic E-state index is -0.515. The molecule has 25 heavy (non-hydrogen) atoms. The Morgan fingerprint density at radius 2 is 2.00 bits per heavy atom. The number of phenols is 1. The largest absolute Gasteiger partial charge is 0.507 e. The molecule has 2 aromatic rings. The van der Waals surface area contributed by atoms with Gasteiger partial charge in [0.1, 0.15) is 11.5 Å². The van der Waals surface area contributed by atoms with E-state index in [0.717, 1.165) is 12.0 Å².